The SMILES string of the molecule is CCOCCN(C)CC1(CC)CCCNC1. The Labute approximate surface area is 101 Å². The molecule has 1 fully saturated rings. The molecule has 96 valence electrons. The van der Waals surface area contributed by atoms with Crippen molar-refractivity contribution in [1.82, 2.24) is 10.2 Å². The van der Waals surface area contributed by atoms with E-state index in [-0.39, 0.29) is 0 Å². The molecule has 1 rings (SSSR count). The summed E-state index contributed by atoms with van der Waals surface area (Å²) in [4.78, 5) is 2.42. The highest BCUT2D eigenvalue weighted by molar-refractivity contribution is 4.86. The van der Waals surface area contributed by atoms with Crippen LogP contribution in [0.1, 0.15) is 33.1 Å². The summed E-state index contributed by atoms with van der Waals surface area (Å²) in [5.41, 5.74) is 0.499. The molecule has 1 aliphatic rings. The van der Waals surface area contributed by atoms with E-state index in [0.717, 1.165) is 19.8 Å². The monoisotopic (exact) mass is 228 g/mol. The van der Waals surface area contributed by atoms with Gasteiger partial charge in [0.15, 0.2) is 0 Å². The lowest BCUT2D eigenvalue weighted by atomic mass is 9.78. The normalized spacial score (nSPS) is 26.2. The molecule has 0 radical (unpaired) electrons. The molecule has 0 aliphatic carbocycles. The van der Waals surface area contributed by atoms with Gasteiger partial charge < -0.3 is 15.0 Å². The highest BCUT2D eigenvalue weighted by Gasteiger charge is 2.31. The Morgan fingerprint density at radius 2 is 2.19 bits per heavy atom. The lowest BCUT2D eigenvalue weighted by Crippen LogP contribution is -2.47. The first-order valence-electron chi connectivity index (χ1n) is 6.69. The van der Waals surface area contributed by atoms with Crippen LogP contribution in [0, 0.1) is 5.41 Å². The topological polar surface area (TPSA) is 24.5 Å². The number of nitrogens with one attached hydrogen (secondary N) is 1. The number of hydrogen-bond acceptors (Lipinski definition) is 3. The Kier molecular flexibility index (Phi) is 6.32. The first kappa shape index (κ1) is 13.9. The van der Waals surface area contributed by atoms with Gasteiger partial charge in [-0.15, -0.1) is 0 Å². The van der Waals surface area contributed by atoms with Crippen molar-refractivity contribution in [3.05, 3.63) is 0 Å². The van der Waals surface area contributed by atoms with E-state index in [1.54, 1.807) is 0 Å². The maximum absolute atomic E-state index is 5.40. The van der Waals surface area contributed by atoms with Crippen molar-refractivity contribution in [2.24, 2.45) is 5.41 Å². The number of rotatable bonds is 7. The van der Waals surface area contributed by atoms with Crippen LogP contribution in [0.3, 0.4) is 0 Å². The first-order valence-corrected chi connectivity index (χ1v) is 6.69. The van der Waals surface area contributed by atoms with E-state index in [4.69, 9.17) is 4.74 Å². The van der Waals surface area contributed by atoms with Crippen LogP contribution in [0.4, 0.5) is 0 Å². The minimum absolute atomic E-state index is 0.499. The molecule has 1 aliphatic heterocycles. The quantitative estimate of drug-likeness (QED) is 0.672. The summed E-state index contributed by atoms with van der Waals surface area (Å²) in [6, 6.07) is 0. The van der Waals surface area contributed by atoms with Crippen LogP contribution < -0.4 is 5.32 Å². The Hall–Kier alpha value is -0.120. The molecule has 0 amide bonds. The molecule has 0 aromatic carbocycles. The van der Waals surface area contributed by atoms with Crippen molar-refractivity contribution in [1.29, 1.82) is 0 Å². The maximum Gasteiger partial charge on any atom is 0.0593 e. The lowest BCUT2D eigenvalue weighted by molar-refractivity contribution is 0.0860. The summed E-state index contributed by atoms with van der Waals surface area (Å²) in [5, 5.41) is 3.54. The maximum atomic E-state index is 5.40. The van der Waals surface area contributed by atoms with Crippen molar-refractivity contribution < 1.29 is 4.74 Å². The molecule has 1 atom stereocenters. The van der Waals surface area contributed by atoms with Crippen molar-refractivity contribution in [3.63, 3.8) is 0 Å². The van der Waals surface area contributed by atoms with Gasteiger partial charge in [0.05, 0.1) is 6.61 Å². The largest absolute Gasteiger partial charge is 0.380 e. The number of likely N-dealkylation sites (N-methyl/N-ethyl adjacent to an activating group) is 1. The van der Waals surface area contributed by atoms with E-state index in [0.29, 0.717) is 5.41 Å². The third kappa shape index (κ3) is 4.40. The fourth-order valence-electron chi connectivity index (χ4n) is 2.60. The Balaban J connectivity index is 2.30. The van der Waals surface area contributed by atoms with Gasteiger partial charge in [-0.1, -0.05) is 6.92 Å². The minimum Gasteiger partial charge on any atom is -0.380 e. The molecular formula is C13H28N2O. The highest BCUT2D eigenvalue weighted by atomic mass is 16.5. The molecule has 1 heterocycles. The van der Waals surface area contributed by atoms with Crippen LogP contribution in [0.2, 0.25) is 0 Å². The summed E-state index contributed by atoms with van der Waals surface area (Å²) in [6.07, 6.45) is 3.97. The Morgan fingerprint density at radius 3 is 2.75 bits per heavy atom. The highest BCUT2D eigenvalue weighted by Crippen LogP contribution is 2.30. The van der Waals surface area contributed by atoms with Crippen LogP contribution in [0.15, 0.2) is 0 Å². The van der Waals surface area contributed by atoms with E-state index < -0.39 is 0 Å². The van der Waals surface area contributed by atoms with Gasteiger partial charge in [0.1, 0.15) is 0 Å². The molecule has 16 heavy (non-hydrogen) atoms. The van der Waals surface area contributed by atoms with Crippen LogP contribution in [-0.4, -0.2) is 51.3 Å². The second-order valence-corrected chi connectivity index (χ2v) is 5.07. The summed E-state index contributed by atoms with van der Waals surface area (Å²) in [6.45, 7) is 10.7. The lowest BCUT2D eigenvalue weighted by Gasteiger charge is -2.40. The zero-order chi connectivity index (χ0) is 11.9. The fourth-order valence-corrected chi connectivity index (χ4v) is 2.60. The molecule has 1 unspecified atom stereocenters. The second-order valence-electron chi connectivity index (χ2n) is 5.07. The average molecular weight is 228 g/mol. The molecule has 0 aromatic rings. The van der Waals surface area contributed by atoms with Gasteiger partial charge in [-0.2, -0.15) is 0 Å². The smallest absolute Gasteiger partial charge is 0.0593 e. The van der Waals surface area contributed by atoms with Gasteiger partial charge in [0, 0.05) is 26.2 Å². The van der Waals surface area contributed by atoms with Gasteiger partial charge in [-0.25, -0.2) is 0 Å². The first-order chi connectivity index (χ1) is 7.72. The van der Waals surface area contributed by atoms with Gasteiger partial charge in [-0.05, 0) is 45.2 Å². The summed E-state index contributed by atoms with van der Waals surface area (Å²) in [7, 11) is 2.21. The third-order valence-corrected chi connectivity index (χ3v) is 3.74. The molecular weight excluding hydrogens is 200 g/mol. The molecule has 3 nitrogen and oxygen atoms in total. The van der Waals surface area contributed by atoms with Gasteiger partial charge in [0.2, 0.25) is 0 Å². The van der Waals surface area contributed by atoms with Crippen molar-refractivity contribution in [3.8, 4) is 0 Å². The van der Waals surface area contributed by atoms with E-state index in [1.165, 1.54) is 38.9 Å². The summed E-state index contributed by atoms with van der Waals surface area (Å²) < 4.78 is 5.40. The van der Waals surface area contributed by atoms with Crippen LogP contribution in [0.25, 0.3) is 0 Å². The molecule has 0 spiro atoms. The molecule has 0 aromatic heterocycles. The van der Waals surface area contributed by atoms with Crippen molar-refractivity contribution >= 4 is 0 Å². The van der Waals surface area contributed by atoms with Crippen LogP contribution in [0.5, 0.6) is 0 Å². The molecule has 1 saturated heterocycles. The van der Waals surface area contributed by atoms with Crippen LogP contribution >= 0.6 is 0 Å². The van der Waals surface area contributed by atoms with Crippen LogP contribution in [-0.2, 0) is 4.74 Å². The minimum atomic E-state index is 0.499. The number of hydrogen-bond donors (Lipinski definition) is 1. The predicted octanol–water partition coefficient (Wildman–Crippen LogP) is 1.73. The molecule has 1 N–H and O–H groups in total. The van der Waals surface area contributed by atoms with E-state index in [9.17, 15) is 0 Å². The Bertz CT molecular complexity index is 179. The molecule has 0 bridgehead atoms. The van der Waals surface area contributed by atoms with Gasteiger partial charge in [0.25, 0.3) is 0 Å². The molecule has 0 saturated carbocycles. The summed E-state index contributed by atoms with van der Waals surface area (Å²) >= 11 is 0. The standard InChI is InChI=1S/C13H28N2O/c1-4-13(7-6-8-14-11-13)12-15(3)9-10-16-5-2/h14H,4-12H2,1-3H3. The summed E-state index contributed by atoms with van der Waals surface area (Å²) in [5.74, 6) is 0. The van der Waals surface area contributed by atoms with Gasteiger partial charge in [-0.3, -0.25) is 0 Å². The number of nitrogens with zero attached hydrogens (tertiary/aromatic N) is 1. The van der Waals surface area contributed by atoms with E-state index in [2.05, 4.69) is 31.1 Å². The number of ether oxygens (including phenoxy) is 1. The van der Waals surface area contributed by atoms with Gasteiger partial charge >= 0.3 is 0 Å². The molecule has 3 heteroatoms. The zero-order valence-electron chi connectivity index (χ0n) is 11.2. The van der Waals surface area contributed by atoms with E-state index >= 15 is 0 Å². The second kappa shape index (κ2) is 7.25. The van der Waals surface area contributed by atoms with Crippen molar-refractivity contribution in [2.45, 2.75) is 33.1 Å². The number of piperidine rings is 1. The Morgan fingerprint density at radius 1 is 1.38 bits per heavy atom. The van der Waals surface area contributed by atoms with E-state index in [1.807, 2.05) is 0 Å². The average Bonchev–Trinajstić information content (AvgIpc) is 2.30. The predicted molar refractivity (Wildman–Crippen MR) is 68.8 cm³/mol. The third-order valence-electron chi connectivity index (χ3n) is 3.74. The fraction of sp³-hybridized carbons (Fsp3) is 1.00. The van der Waals surface area contributed by atoms with Crippen molar-refractivity contribution in [2.75, 3.05) is 46.4 Å². The zero-order valence-corrected chi connectivity index (χ0v) is 11.2.